The molecule has 1 fully saturated rings. The summed E-state index contributed by atoms with van der Waals surface area (Å²) in [5, 5.41) is 6.84. The van der Waals surface area contributed by atoms with Crippen molar-refractivity contribution in [3.8, 4) is 0 Å². The number of aromatic nitrogens is 1. The van der Waals surface area contributed by atoms with Gasteiger partial charge in [-0.1, -0.05) is 0 Å². The van der Waals surface area contributed by atoms with E-state index >= 15 is 0 Å². The molecule has 1 saturated heterocycles. The van der Waals surface area contributed by atoms with E-state index in [2.05, 4.69) is 50.2 Å². The Kier molecular flexibility index (Phi) is 5.18. The number of rotatable bonds is 4. The molecule has 114 valence electrons. The van der Waals surface area contributed by atoms with Gasteiger partial charge in [0.1, 0.15) is 5.01 Å². The summed E-state index contributed by atoms with van der Waals surface area (Å²) >= 11 is 1.75. The third kappa shape index (κ3) is 5.13. The van der Waals surface area contributed by atoms with Crippen LogP contribution in [0.4, 0.5) is 0 Å². The van der Waals surface area contributed by atoms with E-state index in [0.29, 0.717) is 12.2 Å². The molecule has 4 nitrogen and oxygen atoms in total. The predicted octanol–water partition coefficient (Wildman–Crippen LogP) is 2.64. The number of ether oxygens (including phenoxy) is 1. The van der Waals surface area contributed by atoms with Crippen molar-refractivity contribution < 1.29 is 4.74 Å². The second-order valence-electron chi connectivity index (χ2n) is 6.79. The first-order valence-electron chi connectivity index (χ1n) is 7.38. The Labute approximate surface area is 126 Å². The summed E-state index contributed by atoms with van der Waals surface area (Å²) in [4.78, 5) is 7.17. The summed E-state index contributed by atoms with van der Waals surface area (Å²) < 4.78 is 5.77. The van der Waals surface area contributed by atoms with Gasteiger partial charge in [-0.15, -0.1) is 11.3 Å². The van der Waals surface area contributed by atoms with Crippen molar-refractivity contribution in [3.63, 3.8) is 0 Å². The van der Waals surface area contributed by atoms with Crippen LogP contribution in [0.15, 0.2) is 5.38 Å². The highest BCUT2D eigenvalue weighted by molar-refractivity contribution is 7.09. The lowest BCUT2D eigenvalue weighted by Crippen LogP contribution is -2.44. The highest BCUT2D eigenvalue weighted by atomic mass is 32.1. The summed E-state index contributed by atoms with van der Waals surface area (Å²) in [5.41, 5.74) is 1.32. The fraction of sp³-hybridized carbons (Fsp3) is 0.800. The molecule has 2 rings (SSSR count). The summed E-state index contributed by atoms with van der Waals surface area (Å²) in [5.74, 6) is 0. The van der Waals surface area contributed by atoms with Crippen molar-refractivity contribution in [1.82, 2.24) is 15.2 Å². The first kappa shape index (κ1) is 15.9. The molecule has 0 amide bonds. The van der Waals surface area contributed by atoms with Gasteiger partial charge >= 0.3 is 0 Å². The number of nitrogens with zero attached hydrogens (tertiary/aromatic N) is 2. The topological polar surface area (TPSA) is 37.4 Å². The van der Waals surface area contributed by atoms with E-state index in [1.54, 1.807) is 11.3 Å². The molecule has 2 atom stereocenters. The number of hydrogen-bond donors (Lipinski definition) is 1. The first-order valence-corrected chi connectivity index (χ1v) is 8.26. The fourth-order valence-electron chi connectivity index (χ4n) is 2.49. The standard InChI is InChI=1S/C15H27N3OS/c1-11-7-18(8-12(2)19-11)9-13-10-20-14(17-13)6-16-15(3,4)5/h10-12,16H,6-9H2,1-5H3. The molecular weight excluding hydrogens is 270 g/mol. The molecule has 0 bridgehead atoms. The third-order valence-electron chi connectivity index (χ3n) is 3.25. The number of morpholine rings is 1. The summed E-state index contributed by atoms with van der Waals surface area (Å²) in [6.07, 6.45) is 0.638. The Morgan fingerprint density at radius 1 is 1.35 bits per heavy atom. The van der Waals surface area contributed by atoms with E-state index in [4.69, 9.17) is 9.72 Å². The zero-order chi connectivity index (χ0) is 14.8. The van der Waals surface area contributed by atoms with Gasteiger partial charge in [-0.3, -0.25) is 4.90 Å². The van der Waals surface area contributed by atoms with Crippen LogP contribution in [0.2, 0.25) is 0 Å². The Morgan fingerprint density at radius 3 is 2.60 bits per heavy atom. The lowest BCUT2D eigenvalue weighted by molar-refractivity contribution is -0.0707. The largest absolute Gasteiger partial charge is 0.373 e. The minimum absolute atomic E-state index is 0.140. The van der Waals surface area contributed by atoms with Crippen LogP contribution in [0.5, 0.6) is 0 Å². The highest BCUT2D eigenvalue weighted by Crippen LogP contribution is 2.16. The molecule has 1 aromatic rings. The Morgan fingerprint density at radius 2 is 2.00 bits per heavy atom. The molecule has 1 N–H and O–H groups in total. The SMILES string of the molecule is CC1CN(Cc2csc(CNC(C)(C)C)n2)CC(C)O1. The maximum absolute atomic E-state index is 5.77. The van der Waals surface area contributed by atoms with Gasteiger partial charge < -0.3 is 10.1 Å². The summed E-state index contributed by atoms with van der Waals surface area (Å²) in [6.45, 7) is 14.6. The fourth-order valence-corrected chi connectivity index (χ4v) is 3.21. The molecule has 2 unspecified atom stereocenters. The highest BCUT2D eigenvalue weighted by Gasteiger charge is 2.22. The van der Waals surface area contributed by atoms with Crippen molar-refractivity contribution in [2.45, 2.75) is 65.5 Å². The quantitative estimate of drug-likeness (QED) is 0.927. The molecule has 1 aliphatic rings. The van der Waals surface area contributed by atoms with Crippen LogP contribution in [0.25, 0.3) is 0 Å². The van der Waals surface area contributed by atoms with Crippen LogP contribution in [0.3, 0.4) is 0 Å². The molecule has 2 heterocycles. The first-order chi connectivity index (χ1) is 9.32. The molecule has 5 heteroatoms. The molecule has 1 aliphatic heterocycles. The summed E-state index contributed by atoms with van der Waals surface area (Å²) in [7, 11) is 0. The van der Waals surface area contributed by atoms with Crippen LogP contribution in [0, 0.1) is 0 Å². The van der Waals surface area contributed by atoms with E-state index in [-0.39, 0.29) is 5.54 Å². The zero-order valence-corrected chi connectivity index (χ0v) is 14.1. The summed E-state index contributed by atoms with van der Waals surface area (Å²) in [6, 6.07) is 0. The van der Waals surface area contributed by atoms with Crippen LogP contribution in [-0.2, 0) is 17.8 Å². The second kappa shape index (κ2) is 6.52. The predicted molar refractivity (Wildman–Crippen MR) is 84.0 cm³/mol. The van der Waals surface area contributed by atoms with Gasteiger partial charge in [-0.05, 0) is 34.6 Å². The molecule has 0 aliphatic carbocycles. The van der Waals surface area contributed by atoms with Crippen LogP contribution in [-0.4, -0.2) is 40.7 Å². The van der Waals surface area contributed by atoms with Gasteiger partial charge in [0.15, 0.2) is 0 Å². The Hall–Kier alpha value is -0.490. The molecule has 0 radical (unpaired) electrons. The van der Waals surface area contributed by atoms with Crippen LogP contribution < -0.4 is 5.32 Å². The normalized spacial score (nSPS) is 25.1. The van der Waals surface area contributed by atoms with Crippen molar-refractivity contribution in [2.75, 3.05) is 13.1 Å². The van der Waals surface area contributed by atoms with Gasteiger partial charge in [-0.25, -0.2) is 4.98 Å². The minimum Gasteiger partial charge on any atom is -0.373 e. The number of nitrogens with one attached hydrogen (secondary N) is 1. The Balaban J connectivity index is 1.86. The second-order valence-corrected chi connectivity index (χ2v) is 7.73. The van der Waals surface area contributed by atoms with E-state index in [1.165, 1.54) is 10.7 Å². The number of thiazole rings is 1. The van der Waals surface area contributed by atoms with E-state index < -0.39 is 0 Å². The molecule has 1 aromatic heterocycles. The van der Waals surface area contributed by atoms with E-state index in [9.17, 15) is 0 Å². The maximum Gasteiger partial charge on any atom is 0.107 e. The third-order valence-corrected chi connectivity index (χ3v) is 4.15. The monoisotopic (exact) mass is 297 g/mol. The Bertz CT molecular complexity index is 417. The van der Waals surface area contributed by atoms with Crippen molar-refractivity contribution in [1.29, 1.82) is 0 Å². The average Bonchev–Trinajstić information content (AvgIpc) is 2.72. The maximum atomic E-state index is 5.77. The van der Waals surface area contributed by atoms with Crippen LogP contribution in [0.1, 0.15) is 45.3 Å². The molecule has 0 aromatic carbocycles. The lowest BCUT2D eigenvalue weighted by atomic mass is 10.1. The van der Waals surface area contributed by atoms with Gasteiger partial charge in [-0.2, -0.15) is 0 Å². The van der Waals surface area contributed by atoms with Gasteiger partial charge in [0.05, 0.1) is 17.9 Å². The van der Waals surface area contributed by atoms with E-state index in [1.807, 2.05) is 0 Å². The van der Waals surface area contributed by atoms with E-state index in [0.717, 1.165) is 26.2 Å². The van der Waals surface area contributed by atoms with Crippen molar-refractivity contribution in [3.05, 3.63) is 16.1 Å². The smallest absolute Gasteiger partial charge is 0.107 e. The number of hydrogen-bond acceptors (Lipinski definition) is 5. The minimum atomic E-state index is 0.140. The average molecular weight is 297 g/mol. The molecule has 20 heavy (non-hydrogen) atoms. The van der Waals surface area contributed by atoms with Gasteiger partial charge in [0.25, 0.3) is 0 Å². The molecular formula is C15H27N3OS. The van der Waals surface area contributed by atoms with Crippen molar-refractivity contribution in [2.24, 2.45) is 0 Å². The van der Waals surface area contributed by atoms with Crippen molar-refractivity contribution >= 4 is 11.3 Å². The molecule has 0 saturated carbocycles. The lowest BCUT2D eigenvalue weighted by Gasteiger charge is -2.34. The molecule has 0 spiro atoms. The zero-order valence-electron chi connectivity index (χ0n) is 13.3. The van der Waals surface area contributed by atoms with Gasteiger partial charge in [0, 0.05) is 37.1 Å². The van der Waals surface area contributed by atoms with Gasteiger partial charge in [0.2, 0.25) is 0 Å². The van der Waals surface area contributed by atoms with Crippen LogP contribution >= 0.6 is 11.3 Å².